The highest BCUT2D eigenvalue weighted by Gasteiger charge is 2.19. The minimum absolute atomic E-state index is 0.0228. The van der Waals surface area contributed by atoms with Crippen LogP contribution in [-0.2, 0) is 0 Å². The zero-order valence-corrected chi connectivity index (χ0v) is 11.3. The first kappa shape index (κ1) is 12.7. The standard InChI is InChI=1S/C14H16N6/c1-2-3-18-14(12-9-15-4-5-17-12)11-8-19-20-7-6-16-10-13(11)20/h4-10,14,18H,2-3H2,1H3. The summed E-state index contributed by atoms with van der Waals surface area (Å²) >= 11 is 0. The second-order valence-electron chi connectivity index (χ2n) is 4.52. The molecule has 0 radical (unpaired) electrons. The quantitative estimate of drug-likeness (QED) is 0.761. The van der Waals surface area contributed by atoms with E-state index >= 15 is 0 Å². The molecule has 0 aliphatic carbocycles. The van der Waals surface area contributed by atoms with E-state index in [1.54, 1.807) is 24.8 Å². The van der Waals surface area contributed by atoms with Crippen molar-refractivity contribution in [3.63, 3.8) is 0 Å². The van der Waals surface area contributed by atoms with E-state index in [2.05, 4.69) is 32.3 Å². The summed E-state index contributed by atoms with van der Waals surface area (Å²) in [6, 6.07) is -0.0228. The van der Waals surface area contributed by atoms with Crippen molar-refractivity contribution >= 4 is 5.52 Å². The molecule has 3 heterocycles. The lowest BCUT2D eigenvalue weighted by molar-refractivity contribution is 0.587. The van der Waals surface area contributed by atoms with Crippen LogP contribution in [0.1, 0.15) is 30.6 Å². The third kappa shape index (κ3) is 2.37. The van der Waals surface area contributed by atoms with E-state index in [0.29, 0.717) is 0 Å². The molecule has 3 aromatic rings. The molecule has 0 bridgehead atoms. The van der Waals surface area contributed by atoms with Crippen LogP contribution >= 0.6 is 0 Å². The summed E-state index contributed by atoms with van der Waals surface area (Å²) in [6.45, 7) is 3.04. The Kier molecular flexibility index (Phi) is 3.64. The molecule has 1 unspecified atom stereocenters. The van der Waals surface area contributed by atoms with Crippen LogP contribution in [0.3, 0.4) is 0 Å². The first-order valence-corrected chi connectivity index (χ1v) is 6.66. The summed E-state index contributed by atoms with van der Waals surface area (Å²) in [7, 11) is 0. The molecule has 3 aromatic heterocycles. The van der Waals surface area contributed by atoms with Crippen LogP contribution in [0.5, 0.6) is 0 Å². The fourth-order valence-electron chi connectivity index (χ4n) is 2.20. The van der Waals surface area contributed by atoms with Crippen molar-refractivity contribution in [3.8, 4) is 0 Å². The molecular weight excluding hydrogens is 252 g/mol. The molecule has 6 nitrogen and oxygen atoms in total. The lowest BCUT2D eigenvalue weighted by atomic mass is 10.1. The van der Waals surface area contributed by atoms with Crippen LogP contribution in [0.4, 0.5) is 0 Å². The third-order valence-electron chi connectivity index (χ3n) is 3.14. The highest BCUT2D eigenvalue weighted by molar-refractivity contribution is 5.54. The molecule has 3 rings (SSSR count). The lowest BCUT2D eigenvalue weighted by Gasteiger charge is -2.16. The maximum absolute atomic E-state index is 4.41. The van der Waals surface area contributed by atoms with Gasteiger partial charge in [0.2, 0.25) is 0 Å². The van der Waals surface area contributed by atoms with Crippen LogP contribution < -0.4 is 5.32 Å². The molecule has 0 fully saturated rings. The Bertz CT molecular complexity index is 678. The third-order valence-corrected chi connectivity index (χ3v) is 3.14. The van der Waals surface area contributed by atoms with Gasteiger partial charge in [-0.1, -0.05) is 6.92 Å². The lowest BCUT2D eigenvalue weighted by Crippen LogP contribution is -2.24. The molecule has 0 spiro atoms. The Morgan fingerprint density at radius 1 is 1.15 bits per heavy atom. The van der Waals surface area contributed by atoms with Crippen molar-refractivity contribution in [2.75, 3.05) is 6.54 Å². The van der Waals surface area contributed by atoms with E-state index in [-0.39, 0.29) is 6.04 Å². The van der Waals surface area contributed by atoms with Crippen LogP contribution in [0.25, 0.3) is 5.52 Å². The van der Waals surface area contributed by atoms with E-state index < -0.39 is 0 Å². The van der Waals surface area contributed by atoms with Gasteiger partial charge in [0.25, 0.3) is 0 Å². The maximum atomic E-state index is 4.41. The van der Waals surface area contributed by atoms with Crippen molar-refractivity contribution in [2.45, 2.75) is 19.4 Å². The Labute approximate surface area is 116 Å². The number of rotatable bonds is 5. The van der Waals surface area contributed by atoms with Gasteiger partial charge < -0.3 is 5.32 Å². The highest BCUT2D eigenvalue weighted by atomic mass is 15.2. The summed E-state index contributed by atoms with van der Waals surface area (Å²) in [4.78, 5) is 12.7. The molecule has 6 heteroatoms. The molecule has 0 saturated heterocycles. The van der Waals surface area contributed by atoms with Gasteiger partial charge in [0.1, 0.15) is 0 Å². The molecule has 1 N–H and O–H groups in total. The van der Waals surface area contributed by atoms with Gasteiger partial charge >= 0.3 is 0 Å². The summed E-state index contributed by atoms with van der Waals surface area (Å²) in [5, 5.41) is 7.86. The number of nitrogens with zero attached hydrogens (tertiary/aromatic N) is 5. The molecule has 0 aliphatic heterocycles. The zero-order valence-electron chi connectivity index (χ0n) is 11.3. The Hall–Kier alpha value is -2.34. The van der Waals surface area contributed by atoms with Gasteiger partial charge in [0, 0.05) is 30.4 Å². The molecule has 0 amide bonds. The molecule has 0 aliphatic rings. The minimum atomic E-state index is -0.0228. The van der Waals surface area contributed by atoms with Gasteiger partial charge in [0.05, 0.1) is 35.8 Å². The average molecular weight is 268 g/mol. The highest BCUT2D eigenvalue weighted by Crippen LogP contribution is 2.23. The van der Waals surface area contributed by atoms with Gasteiger partial charge in [-0.15, -0.1) is 0 Å². The predicted octanol–water partition coefficient (Wildman–Crippen LogP) is 1.61. The van der Waals surface area contributed by atoms with E-state index in [0.717, 1.165) is 29.7 Å². The van der Waals surface area contributed by atoms with Crippen molar-refractivity contribution in [3.05, 3.63) is 54.6 Å². The van der Waals surface area contributed by atoms with Gasteiger partial charge in [-0.25, -0.2) is 4.52 Å². The van der Waals surface area contributed by atoms with Crippen LogP contribution in [0.2, 0.25) is 0 Å². The predicted molar refractivity (Wildman–Crippen MR) is 75.2 cm³/mol. The van der Waals surface area contributed by atoms with Crippen molar-refractivity contribution < 1.29 is 0 Å². The molecule has 1 atom stereocenters. The van der Waals surface area contributed by atoms with E-state index in [9.17, 15) is 0 Å². The Morgan fingerprint density at radius 3 is 2.85 bits per heavy atom. The summed E-state index contributed by atoms with van der Waals surface area (Å²) in [6.07, 6.45) is 13.5. The first-order valence-electron chi connectivity index (χ1n) is 6.66. The molecule has 0 aromatic carbocycles. The fraction of sp³-hybridized carbons (Fsp3) is 0.286. The fourth-order valence-corrected chi connectivity index (χ4v) is 2.20. The van der Waals surface area contributed by atoms with Gasteiger partial charge in [-0.05, 0) is 13.0 Å². The van der Waals surface area contributed by atoms with Crippen molar-refractivity contribution in [1.82, 2.24) is 29.9 Å². The molecule has 102 valence electrons. The Morgan fingerprint density at radius 2 is 2.05 bits per heavy atom. The van der Waals surface area contributed by atoms with Gasteiger partial charge in [-0.3, -0.25) is 15.0 Å². The zero-order chi connectivity index (χ0) is 13.8. The molecule has 0 saturated carbocycles. The maximum Gasteiger partial charge on any atom is 0.0896 e. The minimum Gasteiger partial charge on any atom is -0.305 e. The normalized spacial score (nSPS) is 12.7. The van der Waals surface area contributed by atoms with Gasteiger partial charge in [-0.2, -0.15) is 5.10 Å². The number of hydrogen-bond donors (Lipinski definition) is 1. The SMILES string of the molecule is CCCNC(c1cnccn1)c1cnn2ccncc12. The van der Waals surface area contributed by atoms with Crippen LogP contribution in [-0.4, -0.2) is 31.1 Å². The van der Waals surface area contributed by atoms with E-state index in [1.165, 1.54) is 0 Å². The Balaban J connectivity index is 2.05. The summed E-state index contributed by atoms with van der Waals surface area (Å²) < 4.78 is 1.82. The number of aromatic nitrogens is 5. The summed E-state index contributed by atoms with van der Waals surface area (Å²) in [5.41, 5.74) is 2.93. The topological polar surface area (TPSA) is 68.0 Å². The van der Waals surface area contributed by atoms with Crippen molar-refractivity contribution in [2.24, 2.45) is 0 Å². The van der Waals surface area contributed by atoms with E-state index in [1.807, 2.05) is 23.1 Å². The molecular formula is C14H16N6. The second kappa shape index (κ2) is 5.75. The summed E-state index contributed by atoms with van der Waals surface area (Å²) in [5.74, 6) is 0. The smallest absolute Gasteiger partial charge is 0.0896 e. The monoisotopic (exact) mass is 268 g/mol. The van der Waals surface area contributed by atoms with E-state index in [4.69, 9.17) is 0 Å². The first-order chi connectivity index (χ1) is 9.90. The largest absolute Gasteiger partial charge is 0.305 e. The van der Waals surface area contributed by atoms with Crippen LogP contribution in [0.15, 0.2) is 43.4 Å². The number of fused-ring (bicyclic) bond motifs is 1. The van der Waals surface area contributed by atoms with Crippen molar-refractivity contribution in [1.29, 1.82) is 0 Å². The van der Waals surface area contributed by atoms with Gasteiger partial charge in [0.15, 0.2) is 0 Å². The average Bonchev–Trinajstić information content (AvgIpc) is 2.93. The molecule has 20 heavy (non-hydrogen) atoms. The number of nitrogens with one attached hydrogen (secondary N) is 1. The number of hydrogen-bond acceptors (Lipinski definition) is 5. The van der Waals surface area contributed by atoms with Crippen LogP contribution in [0, 0.1) is 0 Å². The second-order valence-corrected chi connectivity index (χ2v) is 4.52.